The van der Waals surface area contributed by atoms with Gasteiger partial charge in [0.2, 0.25) is 0 Å². The summed E-state index contributed by atoms with van der Waals surface area (Å²) in [4.78, 5) is 0. The Balaban J connectivity index is 1.16. The SMILES string of the molecule is C1=CCCC(C2=CC(C3=CC(C4NC(C5C=CC=CC5)NC(C5C=CCCC5)N4)CC=C3)=CC(C3C=CCCC3)N2)=C1. The number of allylic oxidation sites excluding steroid dienone is 14. The van der Waals surface area contributed by atoms with Crippen LogP contribution < -0.4 is 21.3 Å². The molecule has 0 aromatic rings. The molecule has 0 aromatic heterocycles. The third kappa shape index (κ3) is 6.37. The highest BCUT2D eigenvalue weighted by Crippen LogP contribution is 2.34. The molecule has 42 heavy (non-hydrogen) atoms. The quantitative estimate of drug-likeness (QED) is 0.261. The van der Waals surface area contributed by atoms with Crippen molar-refractivity contribution in [3.63, 3.8) is 0 Å². The lowest BCUT2D eigenvalue weighted by Gasteiger charge is -2.46. The Morgan fingerprint density at radius 2 is 1.36 bits per heavy atom. The second kappa shape index (κ2) is 13.2. The molecule has 2 heterocycles. The predicted molar refractivity (Wildman–Crippen MR) is 175 cm³/mol. The highest BCUT2D eigenvalue weighted by atomic mass is 15.4. The molecule has 8 atom stereocenters. The van der Waals surface area contributed by atoms with Crippen molar-refractivity contribution < 1.29 is 0 Å². The van der Waals surface area contributed by atoms with Gasteiger partial charge in [-0.15, -0.1) is 0 Å². The van der Waals surface area contributed by atoms with E-state index in [1.54, 1.807) is 0 Å². The average Bonchev–Trinajstić information content (AvgIpc) is 3.09. The van der Waals surface area contributed by atoms with Crippen molar-refractivity contribution in [1.29, 1.82) is 0 Å². The minimum Gasteiger partial charge on any atom is -0.378 e. The van der Waals surface area contributed by atoms with Crippen LogP contribution in [0.3, 0.4) is 0 Å². The molecule has 4 nitrogen and oxygen atoms in total. The molecule has 4 heteroatoms. The van der Waals surface area contributed by atoms with Crippen LogP contribution in [0.1, 0.15) is 64.2 Å². The predicted octanol–water partition coefficient (Wildman–Crippen LogP) is 7.15. The summed E-state index contributed by atoms with van der Waals surface area (Å²) in [6, 6.07) is 0.339. The number of dihydropyridines is 1. The first-order valence-corrected chi connectivity index (χ1v) is 16.7. The Kier molecular flexibility index (Phi) is 8.74. The minimum absolute atomic E-state index is 0.227. The third-order valence-electron chi connectivity index (χ3n) is 10.2. The average molecular weight is 561 g/mol. The molecule has 0 spiro atoms. The standard InChI is InChI=1S/C38H48N4/c1-5-14-27(15-6-1)34-25-33(26-35(39-34)28-16-7-2-8-17-28)31-22-13-23-32(24-31)38-41-36(29-18-9-3-10-19-29)40-37(42-38)30-20-11-4-12-21-30/h1,3,5,7,9-11,13-14,16,18,20,22,24-26,28-30,32,35-42H,2,4,6,8,12,15,17,19,21,23H2. The van der Waals surface area contributed by atoms with E-state index in [1.165, 1.54) is 60.9 Å². The van der Waals surface area contributed by atoms with Crippen molar-refractivity contribution in [2.75, 3.05) is 0 Å². The molecule has 0 radical (unpaired) electrons. The number of rotatable bonds is 6. The van der Waals surface area contributed by atoms with E-state index in [1.807, 2.05) is 0 Å². The molecule has 2 aliphatic heterocycles. The molecular weight excluding hydrogens is 512 g/mol. The van der Waals surface area contributed by atoms with E-state index in [0.29, 0.717) is 35.9 Å². The Morgan fingerprint density at radius 1 is 0.595 bits per heavy atom. The van der Waals surface area contributed by atoms with Crippen LogP contribution >= 0.6 is 0 Å². The van der Waals surface area contributed by atoms with E-state index >= 15 is 0 Å². The van der Waals surface area contributed by atoms with E-state index in [0.717, 1.165) is 25.7 Å². The number of hydrogen-bond donors (Lipinski definition) is 4. The van der Waals surface area contributed by atoms with E-state index in [2.05, 4.69) is 118 Å². The van der Waals surface area contributed by atoms with Crippen molar-refractivity contribution in [2.45, 2.75) is 88.7 Å². The van der Waals surface area contributed by atoms with Gasteiger partial charge in [-0.1, -0.05) is 91.1 Å². The summed E-state index contributed by atoms with van der Waals surface area (Å²) in [6.45, 7) is 0. The van der Waals surface area contributed by atoms with Crippen LogP contribution in [-0.2, 0) is 0 Å². The van der Waals surface area contributed by atoms with Crippen molar-refractivity contribution in [1.82, 2.24) is 21.3 Å². The summed E-state index contributed by atoms with van der Waals surface area (Å²) in [5, 5.41) is 16.0. The number of nitrogens with one attached hydrogen (secondary N) is 4. The Morgan fingerprint density at radius 3 is 2.07 bits per heavy atom. The largest absolute Gasteiger partial charge is 0.378 e. The van der Waals surface area contributed by atoms with Gasteiger partial charge >= 0.3 is 0 Å². The fraction of sp³-hybridized carbons (Fsp3) is 0.474. The molecular formula is C38H48N4. The summed E-state index contributed by atoms with van der Waals surface area (Å²) >= 11 is 0. The molecule has 4 N–H and O–H groups in total. The first-order chi connectivity index (χ1) is 20.8. The van der Waals surface area contributed by atoms with Crippen LogP contribution in [0, 0.1) is 23.7 Å². The molecule has 8 unspecified atom stereocenters. The van der Waals surface area contributed by atoms with Crippen LogP contribution in [0.15, 0.2) is 120 Å². The normalized spacial score (nSPS) is 37.9. The fourth-order valence-corrected chi connectivity index (χ4v) is 7.78. The molecule has 220 valence electrons. The van der Waals surface area contributed by atoms with Crippen LogP contribution in [0.25, 0.3) is 0 Å². The van der Waals surface area contributed by atoms with Crippen molar-refractivity contribution >= 4 is 0 Å². The van der Waals surface area contributed by atoms with Gasteiger partial charge in [0.05, 0.1) is 24.5 Å². The lowest BCUT2D eigenvalue weighted by Crippen LogP contribution is -2.72. The Hall–Kier alpha value is -2.92. The van der Waals surface area contributed by atoms with Gasteiger partial charge in [-0.3, -0.25) is 16.0 Å². The molecule has 0 aromatic carbocycles. The zero-order chi connectivity index (χ0) is 28.1. The van der Waals surface area contributed by atoms with Gasteiger partial charge in [-0.2, -0.15) is 0 Å². The molecule has 1 fully saturated rings. The molecule has 0 bridgehead atoms. The zero-order valence-corrected chi connectivity index (χ0v) is 24.9. The smallest absolute Gasteiger partial charge is 0.0663 e. The minimum atomic E-state index is 0.227. The summed E-state index contributed by atoms with van der Waals surface area (Å²) in [5.41, 5.74) is 5.50. The topological polar surface area (TPSA) is 48.1 Å². The van der Waals surface area contributed by atoms with Gasteiger partial charge < -0.3 is 5.32 Å². The first-order valence-electron chi connectivity index (χ1n) is 16.7. The molecule has 7 rings (SSSR count). The van der Waals surface area contributed by atoms with Gasteiger partial charge in [0.25, 0.3) is 0 Å². The van der Waals surface area contributed by atoms with E-state index in [9.17, 15) is 0 Å². The highest BCUT2D eigenvalue weighted by Gasteiger charge is 2.37. The van der Waals surface area contributed by atoms with E-state index < -0.39 is 0 Å². The van der Waals surface area contributed by atoms with Gasteiger partial charge in [-0.05, 0) is 87.0 Å². The van der Waals surface area contributed by atoms with Gasteiger partial charge in [0.15, 0.2) is 0 Å². The molecule has 5 aliphatic carbocycles. The summed E-state index contributed by atoms with van der Waals surface area (Å²) in [7, 11) is 0. The second-order valence-electron chi connectivity index (χ2n) is 13.1. The van der Waals surface area contributed by atoms with Gasteiger partial charge in [0.1, 0.15) is 0 Å². The van der Waals surface area contributed by atoms with Crippen LogP contribution in [0.2, 0.25) is 0 Å². The Labute approximate surface area is 253 Å². The Bertz CT molecular complexity index is 1290. The van der Waals surface area contributed by atoms with Crippen molar-refractivity contribution in [2.24, 2.45) is 23.7 Å². The lowest BCUT2D eigenvalue weighted by molar-refractivity contribution is 0.118. The maximum absolute atomic E-state index is 4.04. The summed E-state index contributed by atoms with van der Waals surface area (Å²) in [6.07, 6.45) is 50.6. The van der Waals surface area contributed by atoms with Crippen molar-refractivity contribution in [3.05, 3.63) is 120 Å². The molecule has 0 saturated carbocycles. The molecule has 7 aliphatic rings. The van der Waals surface area contributed by atoms with Gasteiger partial charge in [-0.25, -0.2) is 0 Å². The van der Waals surface area contributed by atoms with Crippen LogP contribution in [0.5, 0.6) is 0 Å². The van der Waals surface area contributed by atoms with E-state index in [4.69, 9.17) is 0 Å². The molecule has 0 amide bonds. The molecule has 1 saturated heterocycles. The van der Waals surface area contributed by atoms with E-state index in [-0.39, 0.29) is 12.3 Å². The lowest BCUT2D eigenvalue weighted by atomic mass is 9.82. The number of hydrogen-bond acceptors (Lipinski definition) is 4. The third-order valence-corrected chi connectivity index (χ3v) is 10.2. The van der Waals surface area contributed by atoms with Crippen LogP contribution in [0.4, 0.5) is 0 Å². The van der Waals surface area contributed by atoms with Crippen molar-refractivity contribution in [3.8, 4) is 0 Å². The first kappa shape index (κ1) is 27.9. The monoisotopic (exact) mass is 560 g/mol. The van der Waals surface area contributed by atoms with Crippen LogP contribution in [-0.4, -0.2) is 24.5 Å². The maximum Gasteiger partial charge on any atom is 0.0663 e. The highest BCUT2D eigenvalue weighted by molar-refractivity contribution is 5.55. The second-order valence-corrected chi connectivity index (χ2v) is 13.1. The summed E-state index contributed by atoms with van der Waals surface area (Å²) < 4.78 is 0. The summed E-state index contributed by atoms with van der Waals surface area (Å²) in [5.74, 6) is 1.95. The van der Waals surface area contributed by atoms with Gasteiger partial charge in [0, 0.05) is 29.4 Å². The zero-order valence-electron chi connectivity index (χ0n) is 24.9. The maximum atomic E-state index is 4.04. The fourth-order valence-electron chi connectivity index (χ4n) is 7.78.